The number of hydrogen-bond acceptors (Lipinski definition) is 2. The second-order valence-corrected chi connectivity index (χ2v) is 4.82. The number of rotatable bonds is 3. The first-order valence-electron chi connectivity index (χ1n) is 5.03. The number of ether oxygens (including phenoxy) is 1. The van der Waals surface area contributed by atoms with Gasteiger partial charge in [0, 0.05) is 17.6 Å². The van der Waals surface area contributed by atoms with Crippen LogP contribution in [0.2, 0.25) is 5.02 Å². The third-order valence-electron chi connectivity index (χ3n) is 2.33. The summed E-state index contributed by atoms with van der Waals surface area (Å²) in [6, 6.07) is 4.01. The van der Waals surface area contributed by atoms with Crippen molar-refractivity contribution in [1.82, 2.24) is 9.78 Å². The minimum atomic E-state index is -2.99. The molecule has 1 aromatic carbocycles. The zero-order chi connectivity index (χ0) is 14.2. The lowest BCUT2D eigenvalue weighted by Crippen LogP contribution is -2.06. The molecule has 0 fully saturated rings. The Labute approximate surface area is 120 Å². The molecule has 1 aromatic heterocycles. The Bertz CT molecular complexity index is 618. The number of aryl methyl sites for hydroxylation is 1. The standard InChI is InChI=1S/C11H7BrClF3N2O/c1-18-10(19-11(15)16)8(12)9(17-18)6-3-2-5(13)4-7(6)14/h2-4,11H,1H3. The van der Waals surface area contributed by atoms with Gasteiger partial charge >= 0.3 is 6.61 Å². The molecule has 19 heavy (non-hydrogen) atoms. The smallest absolute Gasteiger partial charge is 0.388 e. The highest BCUT2D eigenvalue weighted by atomic mass is 79.9. The van der Waals surface area contributed by atoms with Crippen molar-refractivity contribution in [1.29, 1.82) is 0 Å². The molecule has 102 valence electrons. The molecule has 0 saturated heterocycles. The van der Waals surface area contributed by atoms with Gasteiger partial charge in [-0.3, -0.25) is 0 Å². The van der Waals surface area contributed by atoms with Gasteiger partial charge in [0.15, 0.2) is 0 Å². The van der Waals surface area contributed by atoms with Gasteiger partial charge in [0.1, 0.15) is 16.0 Å². The fourth-order valence-corrected chi connectivity index (χ4v) is 2.35. The first kappa shape index (κ1) is 14.2. The maximum absolute atomic E-state index is 13.8. The fraction of sp³-hybridized carbons (Fsp3) is 0.182. The second kappa shape index (κ2) is 5.42. The fourth-order valence-electron chi connectivity index (χ4n) is 1.55. The van der Waals surface area contributed by atoms with E-state index in [0.29, 0.717) is 0 Å². The van der Waals surface area contributed by atoms with Crippen molar-refractivity contribution >= 4 is 27.5 Å². The summed E-state index contributed by atoms with van der Waals surface area (Å²) in [5, 5.41) is 4.19. The molecule has 3 nitrogen and oxygen atoms in total. The zero-order valence-corrected chi connectivity index (χ0v) is 11.8. The average Bonchev–Trinajstić information content (AvgIpc) is 2.57. The Kier molecular flexibility index (Phi) is 4.05. The topological polar surface area (TPSA) is 27.1 Å². The lowest BCUT2D eigenvalue weighted by Gasteiger charge is -2.04. The Balaban J connectivity index is 2.51. The Morgan fingerprint density at radius 3 is 2.68 bits per heavy atom. The molecular weight excluding hydrogens is 348 g/mol. The lowest BCUT2D eigenvalue weighted by molar-refractivity contribution is -0.0558. The highest BCUT2D eigenvalue weighted by Gasteiger charge is 2.21. The van der Waals surface area contributed by atoms with E-state index in [2.05, 4.69) is 25.8 Å². The molecule has 0 spiro atoms. The lowest BCUT2D eigenvalue weighted by atomic mass is 10.1. The Morgan fingerprint density at radius 2 is 2.11 bits per heavy atom. The summed E-state index contributed by atoms with van der Waals surface area (Å²) in [7, 11) is 1.42. The maximum atomic E-state index is 13.8. The molecular formula is C11H7BrClF3N2O. The summed E-state index contributed by atoms with van der Waals surface area (Å²) < 4.78 is 43.8. The van der Waals surface area contributed by atoms with E-state index in [1.165, 1.54) is 19.2 Å². The number of halogens is 5. The number of nitrogens with zero attached hydrogens (tertiary/aromatic N) is 2. The molecule has 0 N–H and O–H groups in total. The molecule has 0 atom stereocenters. The zero-order valence-electron chi connectivity index (χ0n) is 9.50. The molecule has 0 radical (unpaired) electrons. The first-order chi connectivity index (χ1) is 8.90. The van der Waals surface area contributed by atoms with Gasteiger partial charge in [0.2, 0.25) is 5.88 Å². The van der Waals surface area contributed by atoms with E-state index >= 15 is 0 Å². The predicted octanol–water partition coefficient (Wildman–Crippen LogP) is 4.24. The SMILES string of the molecule is Cn1nc(-c2ccc(Cl)cc2F)c(Br)c1OC(F)F. The van der Waals surface area contributed by atoms with Crippen LogP contribution in [-0.2, 0) is 7.05 Å². The quantitative estimate of drug-likeness (QED) is 0.823. The van der Waals surface area contributed by atoms with Crippen LogP contribution in [0.15, 0.2) is 22.7 Å². The van der Waals surface area contributed by atoms with E-state index in [-0.39, 0.29) is 26.6 Å². The van der Waals surface area contributed by atoms with Crippen LogP contribution >= 0.6 is 27.5 Å². The minimum absolute atomic E-state index is 0.135. The molecule has 0 amide bonds. The second-order valence-electron chi connectivity index (χ2n) is 3.59. The number of hydrogen-bond donors (Lipinski definition) is 0. The van der Waals surface area contributed by atoms with Gasteiger partial charge in [-0.15, -0.1) is 0 Å². The molecule has 8 heteroatoms. The minimum Gasteiger partial charge on any atom is -0.416 e. The molecule has 0 saturated carbocycles. The van der Waals surface area contributed by atoms with Crippen LogP contribution in [0.3, 0.4) is 0 Å². The van der Waals surface area contributed by atoms with Crippen molar-refractivity contribution in [2.75, 3.05) is 0 Å². The molecule has 2 rings (SSSR count). The number of benzene rings is 1. The Hall–Kier alpha value is -1.21. The summed E-state index contributed by atoms with van der Waals surface area (Å²) in [6.07, 6.45) is 0. The van der Waals surface area contributed by atoms with Crippen molar-refractivity contribution < 1.29 is 17.9 Å². The van der Waals surface area contributed by atoms with Gasteiger partial charge in [-0.2, -0.15) is 13.9 Å². The van der Waals surface area contributed by atoms with E-state index in [0.717, 1.165) is 10.7 Å². The summed E-state index contributed by atoms with van der Waals surface area (Å²) in [6.45, 7) is -2.99. The Morgan fingerprint density at radius 1 is 1.42 bits per heavy atom. The van der Waals surface area contributed by atoms with Crippen LogP contribution < -0.4 is 4.74 Å². The van der Waals surface area contributed by atoms with Crippen LogP contribution in [-0.4, -0.2) is 16.4 Å². The molecule has 0 aliphatic heterocycles. The van der Waals surface area contributed by atoms with Crippen molar-refractivity contribution in [2.45, 2.75) is 6.61 Å². The monoisotopic (exact) mass is 354 g/mol. The molecule has 1 heterocycles. The van der Waals surface area contributed by atoms with Crippen LogP contribution in [0, 0.1) is 5.82 Å². The van der Waals surface area contributed by atoms with Crippen molar-refractivity contribution in [3.63, 3.8) is 0 Å². The van der Waals surface area contributed by atoms with E-state index < -0.39 is 12.4 Å². The van der Waals surface area contributed by atoms with Gasteiger partial charge in [-0.05, 0) is 34.1 Å². The van der Waals surface area contributed by atoms with Gasteiger partial charge in [-0.25, -0.2) is 9.07 Å². The summed E-state index contributed by atoms with van der Waals surface area (Å²) in [5.74, 6) is -0.783. The molecule has 2 aromatic rings. The van der Waals surface area contributed by atoms with Gasteiger partial charge in [0.05, 0.1) is 0 Å². The van der Waals surface area contributed by atoms with Crippen molar-refractivity contribution in [2.24, 2.45) is 7.05 Å². The molecule has 0 unspecified atom stereocenters. The molecule has 0 bridgehead atoms. The average molecular weight is 356 g/mol. The van der Waals surface area contributed by atoms with Crippen molar-refractivity contribution in [3.8, 4) is 17.1 Å². The third kappa shape index (κ3) is 2.87. The van der Waals surface area contributed by atoms with Crippen LogP contribution in [0.1, 0.15) is 0 Å². The highest BCUT2D eigenvalue weighted by molar-refractivity contribution is 9.10. The predicted molar refractivity (Wildman–Crippen MR) is 67.9 cm³/mol. The van der Waals surface area contributed by atoms with E-state index in [1.807, 2.05) is 0 Å². The number of alkyl halides is 2. The van der Waals surface area contributed by atoms with Gasteiger partial charge < -0.3 is 4.74 Å². The normalized spacial score (nSPS) is 11.1. The van der Waals surface area contributed by atoms with Gasteiger partial charge in [0.25, 0.3) is 0 Å². The third-order valence-corrected chi connectivity index (χ3v) is 3.28. The molecule has 0 aliphatic carbocycles. The van der Waals surface area contributed by atoms with Crippen molar-refractivity contribution in [3.05, 3.63) is 33.5 Å². The van der Waals surface area contributed by atoms with E-state index in [9.17, 15) is 13.2 Å². The van der Waals surface area contributed by atoms with Gasteiger partial charge in [-0.1, -0.05) is 11.6 Å². The summed E-state index contributed by atoms with van der Waals surface area (Å²) in [5.41, 5.74) is 0.295. The van der Waals surface area contributed by atoms with Crippen LogP contribution in [0.4, 0.5) is 13.2 Å². The van der Waals surface area contributed by atoms with E-state index in [4.69, 9.17) is 11.6 Å². The van der Waals surface area contributed by atoms with Crippen LogP contribution in [0.25, 0.3) is 11.3 Å². The van der Waals surface area contributed by atoms with E-state index in [1.54, 1.807) is 0 Å². The number of aromatic nitrogens is 2. The highest BCUT2D eigenvalue weighted by Crippen LogP contribution is 2.37. The summed E-state index contributed by atoms with van der Waals surface area (Å²) >= 11 is 8.73. The largest absolute Gasteiger partial charge is 0.416 e. The molecule has 0 aliphatic rings. The van der Waals surface area contributed by atoms with Crippen LogP contribution in [0.5, 0.6) is 5.88 Å². The summed E-state index contributed by atoms with van der Waals surface area (Å²) in [4.78, 5) is 0. The first-order valence-corrected chi connectivity index (χ1v) is 6.20. The maximum Gasteiger partial charge on any atom is 0.388 e.